The number of halogens is 1. The SMILES string of the molecule is CC(=O)N(O)CCC(c1ccnc(Cl)c1)P(=O)(O)O. The predicted octanol–water partition coefficient (Wildman–Crippen LogP) is 1.58. The van der Waals surface area contributed by atoms with Crippen LogP contribution in [0, 0.1) is 0 Å². The van der Waals surface area contributed by atoms with E-state index in [0.29, 0.717) is 10.6 Å². The number of amides is 1. The van der Waals surface area contributed by atoms with Crippen molar-refractivity contribution in [1.29, 1.82) is 0 Å². The minimum atomic E-state index is -4.44. The molecule has 1 amide bonds. The maximum Gasteiger partial charge on any atom is 0.333 e. The van der Waals surface area contributed by atoms with Crippen molar-refractivity contribution in [2.24, 2.45) is 0 Å². The van der Waals surface area contributed by atoms with E-state index in [4.69, 9.17) is 11.6 Å². The lowest BCUT2D eigenvalue weighted by Gasteiger charge is -2.21. The first-order valence-electron chi connectivity index (χ1n) is 5.35. The summed E-state index contributed by atoms with van der Waals surface area (Å²) in [5, 5.41) is 9.76. The van der Waals surface area contributed by atoms with Gasteiger partial charge in [0.25, 0.3) is 0 Å². The number of hydroxylamine groups is 2. The Morgan fingerprint density at radius 2 is 2.21 bits per heavy atom. The highest BCUT2D eigenvalue weighted by Crippen LogP contribution is 2.53. The molecule has 0 aliphatic heterocycles. The van der Waals surface area contributed by atoms with Gasteiger partial charge in [-0.05, 0) is 24.1 Å². The van der Waals surface area contributed by atoms with Crippen LogP contribution in [-0.4, -0.2) is 37.5 Å². The number of aromatic nitrogens is 1. The summed E-state index contributed by atoms with van der Waals surface area (Å²) in [6.07, 6.45) is 1.24. The Hall–Kier alpha value is -0.980. The highest BCUT2D eigenvalue weighted by molar-refractivity contribution is 7.52. The number of rotatable bonds is 5. The molecule has 0 saturated heterocycles. The van der Waals surface area contributed by atoms with Crippen molar-refractivity contribution in [3.8, 4) is 0 Å². The first-order chi connectivity index (χ1) is 8.71. The molecule has 1 atom stereocenters. The Morgan fingerprint density at radius 3 is 2.68 bits per heavy atom. The lowest BCUT2D eigenvalue weighted by Crippen LogP contribution is -2.26. The summed E-state index contributed by atoms with van der Waals surface area (Å²) in [4.78, 5) is 33.2. The summed E-state index contributed by atoms with van der Waals surface area (Å²) in [5.74, 6) is -0.600. The second-order valence-corrected chi connectivity index (χ2v) is 6.14. The van der Waals surface area contributed by atoms with Gasteiger partial charge in [-0.3, -0.25) is 14.6 Å². The Kier molecular flexibility index (Phi) is 5.46. The molecule has 9 heteroatoms. The summed E-state index contributed by atoms with van der Waals surface area (Å²) < 4.78 is 11.5. The molecule has 0 aromatic carbocycles. The average Bonchev–Trinajstić information content (AvgIpc) is 2.27. The number of nitrogens with zero attached hydrogens (tertiary/aromatic N) is 2. The van der Waals surface area contributed by atoms with E-state index in [2.05, 4.69) is 4.98 Å². The quantitative estimate of drug-likeness (QED) is 0.329. The molecule has 0 fully saturated rings. The number of carbonyl (C=O) groups is 1. The van der Waals surface area contributed by atoms with Gasteiger partial charge in [0, 0.05) is 19.7 Å². The molecule has 0 aliphatic carbocycles. The van der Waals surface area contributed by atoms with Crippen molar-refractivity contribution >= 4 is 25.1 Å². The average molecular weight is 309 g/mol. The van der Waals surface area contributed by atoms with Crippen LogP contribution >= 0.6 is 19.2 Å². The van der Waals surface area contributed by atoms with Crippen LogP contribution in [0.3, 0.4) is 0 Å². The largest absolute Gasteiger partial charge is 0.333 e. The van der Waals surface area contributed by atoms with Gasteiger partial charge in [-0.25, -0.2) is 10.0 Å². The van der Waals surface area contributed by atoms with Gasteiger partial charge in [-0.1, -0.05) is 11.6 Å². The Balaban J connectivity index is 2.91. The van der Waals surface area contributed by atoms with Crippen LogP contribution in [0.1, 0.15) is 24.6 Å². The first-order valence-corrected chi connectivity index (χ1v) is 7.41. The van der Waals surface area contributed by atoms with Crippen molar-refractivity contribution in [2.75, 3.05) is 6.54 Å². The molecule has 0 aliphatic rings. The molecular weight excluding hydrogens is 295 g/mol. The summed E-state index contributed by atoms with van der Waals surface area (Å²) >= 11 is 5.67. The van der Waals surface area contributed by atoms with Gasteiger partial charge in [-0.2, -0.15) is 0 Å². The summed E-state index contributed by atoms with van der Waals surface area (Å²) in [7, 11) is -4.44. The van der Waals surface area contributed by atoms with Crippen LogP contribution in [0.25, 0.3) is 0 Å². The minimum absolute atomic E-state index is 0.0965. The number of hydrogen-bond acceptors (Lipinski definition) is 4. The van der Waals surface area contributed by atoms with Crippen LogP contribution in [0.4, 0.5) is 0 Å². The second-order valence-electron chi connectivity index (χ2n) is 3.95. The van der Waals surface area contributed by atoms with Gasteiger partial charge in [0.2, 0.25) is 5.91 Å². The zero-order valence-corrected chi connectivity index (χ0v) is 11.8. The molecule has 0 saturated carbocycles. The Labute approximate surface area is 115 Å². The molecule has 7 nitrogen and oxygen atoms in total. The molecule has 1 aromatic rings. The third-order valence-corrected chi connectivity index (χ3v) is 4.09. The van der Waals surface area contributed by atoms with E-state index in [9.17, 15) is 24.4 Å². The van der Waals surface area contributed by atoms with E-state index in [-0.39, 0.29) is 18.1 Å². The Bertz CT molecular complexity index is 506. The van der Waals surface area contributed by atoms with Gasteiger partial charge in [0.1, 0.15) is 5.15 Å². The lowest BCUT2D eigenvalue weighted by molar-refractivity contribution is -0.162. The molecular formula is C10H14ClN2O5P. The van der Waals surface area contributed by atoms with E-state index in [1.54, 1.807) is 0 Å². The van der Waals surface area contributed by atoms with E-state index in [1.807, 2.05) is 0 Å². The van der Waals surface area contributed by atoms with Crippen molar-refractivity contribution in [1.82, 2.24) is 10.0 Å². The van der Waals surface area contributed by atoms with Crippen LogP contribution < -0.4 is 0 Å². The zero-order valence-electron chi connectivity index (χ0n) is 10.1. The monoisotopic (exact) mass is 308 g/mol. The van der Waals surface area contributed by atoms with Crippen LogP contribution in [0.15, 0.2) is 18.3 Å². The van der Waals surface area contributed by atoms with Gasteiger partial charge < -0.3 is 9.79 Å². The second kappa shape index (κ2) is 6.45. The van der Waals surface area contributed by atoms with Gasteiger partial charge in [0.15, 0.2) is 0 Å². The van der Waals surface area contributed by atoms with Gasteiger partial charge in [-0.15, -0.1) is 0 Å². The topological polar surface area (TPSA) is 111 Å². The molecule has 19 heavy (non-hydrogen) atoms. The van der Waals surface area contributed by atoms with E-state index in [1.165, 1.54) is 18.3 Å². The zero-order chi connectivity index (χ0) is 14.6. The molecule has 3 N–H and O–H groups in total. The molecule has 1 rings (SSSR count). The standard InChI is InChI=1S/C10H14ClN2O5P/c1-7(14)13(15)5-3-9(19(16,17)18)8-2-4-12-10(11)6-8/h2,4,6,9,15H,3,5H2,1H3,(H2,16,17,18). The summed E-state index contributed by atoms with van der Waals surface area (Å²) in [5.41, 5.74) is -0.840. The molecule has 0 spiro atoms. The fourth-order valence-corrected chi connectivity index (χ4v) is 2.74. The van der Waals surface area contributed by atoms with E-state index in [0.717, 1.165) is 6.92 Å². The number of hydrogen-bond donors (Lipinski definition) is 3. The van der Waals surface area contributed by atoms with Crippen molar-refractivity contribution in [3.63, 3.8) is 0 Å². The van der Waals surface area contributed by atoms with Crippen LogP contribution in [0.2, 0.25) is 5.15 Å². The summed E-state index contributed by atoms with van der Waals surface area (Å²) in [6.45, 7) is 0.959. The van der Waals surface area contributed by atoms with Crippen molar-refractivity contribution in [2.45, 2.75) is 19.0 Å². The number of pyridine rings is 1. The fraction of sp³-hybridized carbons (Fsp3) is 0.400. The molecule has 1 heterocycles. The maximum atomic E-state index is 11.5. The smallest absolute Gasteiger partial charge is 0.324 e. The highest BCUT2D eigenvalue weighted by Gasteiger charge is 2.31. The molecule has 1 unspecified atom stereocenters. The molecule has 1 aromatic heterocycles. The molecule has 106 valence electrons. The van der Waals surface area contributed by atoms with Gasteiger partial charge in [0.05, 0.1) is 5.66 Å². The predicted molar refractivity (Wildman–Crippen MR) is 67.8 cm³/mol. The molecule has 0 radical (unpaired) electrons. The Morgan fingerprint density at radius 1 is 1.58 bits per heavy atom. The molecule has 0 bridgehead atoms. The van der Waals surface area contributed by atoms with Crippen molar-refractivity contribution < 1.29 is 24.4 Å². The normalized spacial score (nSPS) is 13.1. The van der Waals surface area contributed by atoms with Crippen LogP contribution in [-0.2, 0) is 9.36 Å². The van der Waals surface area contributed by atoms with Gasteiger partial charge >= 0.3 is 7.60 Å². The summed E-state index contributed by atoms with van der Waals surface area (Å²) in [6, 6.07) is 2.78. The van der Waals surface area contributed by atoms with E-state index < -0.39 is 19.2 Å². The number of carbonyl (C=O) groups excluding carboxylic acids is 1. The van der Waals surface area contributed by atoms with Crippen molar-refractivity contribution in [3.05, 3.63) is 29.0 Å². The fourth-order valence-electron chi connectivity index (χ4n) is 1.56. The minimum Gasteiger partial charge on any atom is -0.324 e. The van der Waals surface area contributed by atoms with Crippen LogP contribution in [0.5, 0.6) is 0 Å². The highest BCUT2D eigenvalue weighted by atomic mass is 35.5. The third kappa shape index (κ3) is 4.89. The third-order valence-electron chi connectivity index (χ3n) is 2.52. The van der Waals surface area contributed by atoms with E-state index >= 15 is 0 Å². The first kappa shape index (κ1) is 16.1. The lowest BCUT2D eigenvalue weighted by atomic mass is 10.1. The maximum absolute atomic E-state index is 11.5.